The fourth-order valence-corrected chi connectivity index (χ4v) is 3.53. The summed E-state index contributed by atoms with van der Waals surface area (Å²) < 4.78 is 5.08. The Hall–Kier alpha value is -2.86. The lowest BCUT2D eigenvalue weighted by atomic mass is 9.96. The Labute approximate surface area is 172 Å². The molecule has 154 valence electrons. The number of ether oxygens (including phenoxy) is 1. The molecule has 2 N–H and O–H groups in total. The monoisotopic (exact) mass is 395 g/mol. The van der Waals surface area contributed by atoms with Crippen molar-refractivity contribution in [1.82, 2.24) is 10.2 Å². The topological polar surface area (TPSA) is 70.7 Å². The van der Waals surface area contributed by atoms with Gasteiger partial charge in [0.25, 0.3) is 0 Å². The van der Waals surface area contributed by atoms with E-state index in [1.54, 1.807) is 31.4 Å². The van der Waals surface area contributed by atoms with Gasteiger partial charge in [0.05, 0.1) is 7.11 Å². The predicted molar refractivity (Wildman–Crippen MR) is 114 cm³/mol. The quantitative estimate of drug-likeness (QED) is 0.707. The highest BCUT2D eigenvalue weighted by Gasteiger charge is 2.21. The van der Waals surface area contributed by atoms with E-state index in [9.17, 15) is 9.59 Å². The molecular formula is C23H29N3O3. The Kier molecular flexibility index (Phi) is 7.64. The molecule has 29 heavy (non-hydrogen) atoms. The Bertz CT molecular complexity index is 785. The zero-order chi connectivity index (χ0) is 20.5. The molecule has 1 aliphatic rings. The van der Waals surface area contributed by atoms with Crippen molar-refractivity contribution in [1.29, 1.82) is 0 Å². The third-order valence-corrected chi connectivity index (χ3v) is 5.37. The number of rotatable bonds is 7. The lowest BCUT2D eigenvalue weighted by molar-refractivity contribution is -0.136. The van der Waals surface area contributed by atoms with E-state index in [1.165, 1.54) is 5.56 Å². The first kappa shape index (κ1) is 20.9. The second-order valence-electron chi connectivity index (χ2n) is 7.41. The van der Waals surface area contributed by atoms with E-state index in [-0.39, 0.29) is 0 Å². The van der Waals surface area contributed by atoms with Crippen LogP contribution in [-0.2, 0) is 16.0 Å². The molecule has 2 aromatic carbocycles. The first-order valence-electron chi connectivity index (χ1n) is 10.1. The van der Waals surface area contributed by atoms with E-state index in [4.69, 9.17) is 4.74 Å². The molecule has 6 nitrogen and oxygen atoms in total. The lowest BCUT2D eigenvalue weighted by Crippen LogP contribution is -2.42. The number of hydrogen-bond donors (Lipinski definition) is 2. The molecule has 0 atom stereocenters. The summed E-state index contributed by atoms with van der Waals surface area (Å²) in [5, 5.41) is 5.38. The van der Waals surface area contributed by atoms with E-state index in [2.05, 4.69) is 39.8 Å². The van der Waals surface area contributed by atoms with Crippen molar-refractivity contribution in [3.63, 3.8) is 0 Å². The predicted octanol–water partition coefficient (Wildman–Crippen LogP) is 2.70. The molecule has 1 aliphatic heterocycles. The fraction of sp³-hybridized carbons (Fsp3) is 0.391. The summed E-state index contributed by atoms with van der Waals surface area (Å²) in [5.74, 6) is -0.119. The van der Waals surface area contributed by atoms with Crippen LogP contribution in [0.3, 0.4) is 0 Å². The molecule has 1 heterocycles. The van der Waals surface area contributed by atoms with Gasteiger partial charge in [-0.3, -0.25) is 9.59 Å². The number of anilines is 1. The first-order valence-corrected chi connectivity index (χ1v) is 10.1. The van der Waals surface area contributed by atoms with Crippen LogP contribution in [0.5, 0.6) is 5.75 Å². The highest BCUT2D eigenvalue weighted by atomic mass is 16.5. The van der Waals surface area contributed by atoms with Gasteiger partial charge in [0.15, 0.2) is 0 Å². The molecule has 0 bridgehead atoms. The molecule has 0 unspecified atom stereocenters. The van der Waals surface area contributed by atoms with Crippen LogP contribution in [-0.4, -0.2) is 50.0 Å². The average molecular weight is 396 g/mol. The summed E-state index contributed by atoms with van der Waals surface area (Å²) in [4.78, 5) is 26.6. The summed E-state index contributed by atoms with van der Waals surface area (Å²) >= 11 is 0. The van der Waals surface area contributed by atoms with Gasteiger partial charge in [0.2, 0.25) is 0 Å². The maximum absolute atomic E-state index is 12.1. The number of amides is 2. The largest absolute Gasteiger partial charge is 0.497 e. The Morgan fingerprint density at radius 3 is 2.34 bits per heavy atom. The smallest absolute Gasteiger partial charge is 0.313 e. The number of nitrogens with one attached hydrogen (secondary N) is 2. The van der Waals surface area contributed by atoms with Crippen molar-refractivity contribution < 1.29 is 14.3 Å². The van der Waals surface area contributed by atoms with Crippen molar-refractivity contribution in [2.45, 2.75) is 19.3 Å². The number of nitrogens with zero attached hydrogens (tertiary/aromatic N) is 1. The fourth-order valence-electron chi connectivity index (χ4n) is 3.53. The van der Waals surface area contributed by atoms with E-state index in [0.717, 1.165) is 38.9 Å². The van der Waals surface area contributed by atoms with Crippen molar-refractivity contribution in [2.75, 3.05) is 38.6 Å². The number of hydrogen-bond acceptors (Lipinski definition) is 4. The molecule has 1 saturated heterocycles. The summed E-state index contributed by atoms with van der Waals surface area (Å²) in [6.07, 6.45) is 3.14. The Morgan fingerprint density at radius 1 is 1.00 bits per heavy atom. The number of benzene rings is 2. The van der Waals surface area contributed by atoms with Crippen molar-refractivity contribution >= 4 is 17.5 Å². The van der Waals surface area contributed by atoms with E-state index >= 15 is 0 Å². The summed E-state index contributed by atoms with van der Waals surface area (Å²) in [7, 11) is 1.58. The molecule has 0 aliphatic carbocycles. The number of methoxy groups -OCH3 is 1. The highest BCUT2D eigenvalue weighted by molar-refractivity contribution is 6.39. The van der Waals surface area contributed by atoms with Gasteiger partial charge >= 0.3 is 11.8 Å². The SMILES string of the molecule is COc1ccc(NC(=O)C(=O)NCC2CCN(CCc3ccccc3)CC2)cc1. The van der Waals surface area contributed by atoms with Gasteiger partial charge < -0.3 is 20.3 Å². The van der Waals surface area contributed by atoms with Gasteiger partial charge in [-0.05, 0) is 68.1 Å². The number of piperidine rings is 1. The molecule has 0 radical (unpaired) electrons. The summed E-state index contributed by atoms with van der Waals surface area (Å²) in [5.41, 5.74) is 1.93. The number of carbonyl (C=O) groups is 2. The molecule has 3 rings (SSSR count). The zero-order valence-electron chi connectivity index (χ0n) is 16.9. The van der Waals surface area contributed by atoms with Gasteiger partial charge in [-0.25, -0.2) is 0 Å². The van der Waals surface area contributed by atoms with Gasteiger partial charge in [0, 0.05) is 18.8 Å². The van der Waals surface area contributed by atoms with Crippen molar-refractivity contribution in [3.05, 3.63) is 60.2 Å². The molecule has 0 aromatic heterocycles. The van der Waals surface area contributed by atoms with Crippen LogP contribution in [0.1, 0.15) is 18.4 Å². The van der Waals surface area contributed by atoms with E-state index < -0.39 is 11.8 Å². The van der Waals surface area contributed by atoms with Crippen molar-refractivity contribution in [2.24, 2.45) is 5.92 Å². The Morgan fingerprint density at radius 2 is 1.69 bits per heavy atom. The van der Waals surface area contributed by atoms with Crippen LogP contribution in [0.4, 0.5) is 5.69 Å². The molecule has 0 saturated carbocycles. The molecule has 0 spiro atoms. The van der Waals surface area contributed by atoms with Gasteiger partial charge in [-0.2, -0.15) is 0 Å². The van der Waals surface area contributed by atoms with Crippen LogP contribution >= 0.6 is 0 Å². The molecule has 2 amide bonds. The lowest BCUT2D eigenvalue weighted by Gasteiger charge is -2.32. The maximum Gasteiger partial charge on any atom is 0.313 e. The van der Waals surface area contributed by atoms with Gasteiger partial charge in [0.1, 0.15) is 5.75 Å². The normalized spacial score (nSPS) is 14.9. The second kappa shape index (κ2) is 10.6. The minimum Gasteiger partial charge on any atom is -0.497 e. The Balaban J connectivity index is 1.33. The van der Waals surface area contributed by atoms with Gasteiger partial charge in [-0.1, -0.05) is 30.3 Å². The van der Waals surface area contributed by atoms with Crippen LogP contribution in [0, 0.1) is 5.92 Å². The van der Waals surface area contributed by atoms with Crippen LogP contribution < -0.4 is 15.4 Å². The molecule has 1 fully saturated rings. The van der Waals surface area contributed by atoms with Crippen LogP contribution in [0.2, 0.25) is 0 Å². The average Bonchev–Trinajstić information content (AvgIpc) is 2.78. The van der Waals surface area contributed by atoms with E-state index in [1.807, 2.05) is 6.07 Å². The number of carbonyl (C=O) groups excluding carboxylic acids is 2. The zero-order valence-corrected chi connectivity index (χ0v) is 16.9. The summed E-state index contributed by atoms with van der Waals surface area (Å²) in [6, 6.07) is 17.4. The number of likely N-dealkylation sites (tertiary alicyclic amines) is 1. The van der Waals surface area contributed by atoms with Crippen LogP contribution in [0.15, 0.2) is 54.6 Å². The molecule has 6 heteroatoms. The van der Waals surface area contributed by atoms with Gasteiger partial charge in [-0.15, -0.1) is 0 Å². The highest BCUT2D eigenvalue weighted by Crippen LogP contribution is 2.17. The first-order chi connectivity index (χ1) is 14.1. The third kappa shape index (κ3) is 6.61. The molecular weight excluding hydrogens is 366 g/mol. The van der Waals surface area contributed by atoms with Crippen molar-refractivity contribution in [3.8, 4) is 5.75 Å². The van der Waals surface area contributed by atoms with E-state index in [0.29, 0.717) is 23.9 Å². The van der Waals surface area contributed by atoms with Crippen LogP contribution in [0.25, 0.3) is 0 Å². The second-order valence-corrected chi connectivity index (χ2v) is 7.41. The summed E-state index contributed by atoms with van der Waals surface area (Å²) in [6.45, 7) is 3.67. The molecule has 2 aromatic rings. The standard InChI is InChI=1S/C23H29N3O3/c1-29-21-9-7-20(8-10-21)25-23(28)22(27)24-17-19-12-15-26(16-13-19)14-11-18-5-3-2-4-6-18/h2-10,19H,11-17H2,1H3,(H,24,27)(H,25,28). The minimum absolute atomic E-state index is 0.417. The minimum atomic E-state index is -0.643. The third-order valence-electron chi connectivity index (χ3n) is 5.37. The maximum atomic E-state index is 12.1.